The number of hydrogen-bond acceptors (Lipinski definition) is 6. The fourth-order valence-corrected chi connectivity index (χ4v) is 2.72. The van der Waals surface area contributed by atoms with Crippen molar-refractivity contribution in [2.45, 2.75) is 13.0 Å². The van der Waals surface area contributed by atoms with Crippen LogP contribution in [-0.4, -0.2) is 30.5 Å². The number of anilines is 2. The first kappa shape index (κ1) is 19.4. The third-order valence-electron chi connectivity index (χ3n) is 4.24. The van der Waals surface area contributed by atoms with E-state index in [1.165, 1.54) is 12.3 Å². The molecular weight excluding hydrogens is 371 g/mol. The van der Waals surface area contributed by atoms with E-state index in [2.05, 4.69) is 15.5 Å². The quantitative estimate of drug-likeness (QED) is 0.582. The highest BCUT2D eigenvalue weighted by Gasteiger charge is 2.18. The third-order valence-corrected chi connectivity index (χ3v) is 4.24. The van der Waals surface area contributed by atoms with Gasteiger partial charge in [0.15, 0.2) is 0 Å². The van der Waals surface area contributed by atoms with E-state index in [1.54, 1.807) is 25.2 Å². The first-order valence-electron chi connectivity index (χ1n) is 8.36. The molecule has 0 aliphatic heterocycles. The van der Waals surface area contributed by atoms with E-state index in [0.717, 1.165) is 16.9 Å². The van der Waals surface area contributed by atoms with E-state index in [9.17, 15) is 13.2 Å². The predicted octanol–water partition coefficient (Wildman–Crippen LogP) is 4.49. The highest BCUT2D eigenvalue weighted by atomic mass is 19.3. The second kappa shape index (κ2) is 8.12. The van der Waals surface area contributed by atoms with Crippen molar-refractivity contribution >= 4 is 17.6 Å². The molecule has 3 aromatic rings. The maximum atomic E-state index is 14.5. The molecule has 0 fully saturated rings. The number of rotatable bonds is 7. The van der Waals surface area contributed by atoms with Gasteiger partial charge in [-0.25, -0.2) is 4.39 Å². The summed E-state index contributed by atoms with van der Waals surface area (Å²) < 4.78 is 44.5. The van der Waals surface area contributed by atoms with Gasteiger partial charge in [0.2, 0.25) is 5.89 Å². The van der Waals surface area contributed by atoms with E-state index in [0.29, 0.717) is 5.56 Å². The van der Waals surface area contributed by atoms with Crippen molar-refractivity contribution in [3.63, 3.8) is 0 Å². The molecule has 146 valence electrons. The van der Waals surface area contributed by atoms with Gasteiger partial charge in [0, 0.05) is 54.9 Å². The molecule has 1 aromatic heterocycles. The van der Waals surface area contributed by atoms with Crippen LogP contribution in [0, 0.1) is 11.2 Å². The summed E-state index contributed by atoms with van der Waals surface area (Å²) in [5.41, 5.74) is 3.04. The zero-order chi connectivity index (χ0) is 20.3. The molecule has 0 amide bonds. The van der Waals surface area contributed by atoms with Gasteiger partial charge in [-0.05, 0) is 30.3 Å². The summed E-state index contributed by atoms with van der Waals surface area (Å²) in [4.78, 5) is 1.86. The minimum atomic E-state index is -2.87. The van der Waals surface area contributed by atoms with Gasteiger partial charge in [0.25, 0.3) is 5.89 Å². The van der Waals surface area contributed by atoms with Gasteiger partial charge in [-0.1, -0.05) is 6.07 Å². The van der Waals surface area contributed by atoms with E-state index in [4.69, 9.17) is 9.83 Å². The molecule has 0 bridgehead atoms. The maximum Gasteiger partial charge on any atom is 0.314 e. The summed E-state index contributed by atoms with van der Waals surface area (Å²) in [6, 6.07) is 9.81. The molecule has 0 spiro atoms. The highest BCUT2D eigenvalue weighted by Crippen LogP contribution is 2.27. The molecule has 0 saturated carbocycles. The van der Waals surface area contributed by atoms with Crippen LogP contribution in [0.1, 0.15) is 23.4 Å². The van der Waals surface area contributed by atoms with Crippen LogP contribution < -0.4 is 10.2 Å². The second-order valence-electron chi connectivity index (χ2n) is 6.07. The number of hydrogen-bond donors (Lipinski definition) is 2. The van der Waals surface area contributed by atoms with Crippen molar-refractivity contribution in [3.05, 3.63) is 59.2 Å². The van der Waals surface area contributed by atoms with Crippen molar-refractivity contribution in [1.82, 2.24) is 10.2 Å². The van der Waals surface area contributed by atoms with E-state index in [-0.39, 0.29) is 18.0 Å². The Morgan fingerprint density at radius 1 is 1.21 bits per heavy atom. The van der Waals surface area contributed by atoms with Crippen LogP contribution in [0.15, 0.2) is 40.8 Å². The smallest absolute Gasteiger partial charge is 0.314 e. The fourth-order valence-electron chi connectivity index (χ4n) is 2.72. The molecule has 3 rings (SSSR count). The molecule has 6 nitrogen and oxygen atoms in total. The number of nitrogens with one attached hydrogen (secondary N) is 2. The lowest BCUT2D eigenvalue weighted by Gasteiger charge is -2.21. The monoisotopic (exact) mass is 389 g/mol. The van der Waals surface area contributed by atoms with Gasteiger partial charge in [-0.3, -0.25) is 0 Å². The second-order valence-corrected chi connectivity index (χ2v) is 6.07. The van der Waals surface area contributed by atoms with Crippen molar-refractivity contribution in [2.24, 2.45) is 0 Å². The minimum Gasteiger partial charge on any atom is -0.415 e. The predicted molar refractivity (Wildman–Crippen MR) is 101 cm³/mol. The molecular formula is C19H18F3N5O. The van der Waals surface area contributed by atoms with E-state index in [1.807, 2.05) is 24.1 Å². The van der Waals surface area contributed by atoms with Gasteiger partial charge in [-0.15, -0.1) is 10.2 Å². The summed E-state index contributed by atoms with van der Waals surface area (Å²) in [6.07, 6.45) is -1.62. The highest BCUT2D eigenvalue weighted by molar-refractivity contribution is 5.87. The van der Waals surface area contributed by atoms with Crippen LogP contribution >= 0.6 is 0 Å². The summed E-state index contributed by atoms with van der Waals surface area (Å²) >= 11 is 0. The maximum absolute atomic E-state index is 14.5. The Morgan fingerprint density at radius 2 is 2.00 bits per heavy atom. The van der Waals surface area contributed by atoms with Crippen LogP contribution in [-0.2, 0) is 6.54 Å². The van der Waals surface area contributed by atoms with Crippen LogP contribution in [0.3, 0.4) is 0 Å². The number of alkyl halides is 2. The van der Waals surface area contributed by atoms with Crippen molar-refractivity contribution in [1.29, 1.82) is 5.41 Å². The van der Waals surface area contributed by atoms with Crippen molar-refractivity contribution in [2.75, 3.05) is 24.3 Å². The molecule has 9 heteroatoms. The van der Waals surface area contributed by atoms with Crippen LogP contribution in [0.2, 0.25) is 0 Å². The van der Waals surface area contributed by atoms with Crippen molar-refractivity contribution in [3.8, 4) is 11.5 Å². The van der Waals surface area contributed by atoms with E-state index >= 15 is 0 Å². The van der Waals surface area contributed by atoms with Gasteiger partial charge in [0.1, 0.15) is 5.82 Å². The lowest BCUT2D eigenvalue weighted by molar-refractivity contribution is 0.116. The average Bonchev–Trinajstić information content (AvgIpc) is 3.19. The van der Waals surface area contributed by atoms with Crippen molar-refractivity contribution < 1.29 is 17.6 Å². The van der Waals surface area contributed by atoms with Gasteiger partial charge < -0.3 is 20.0 Å². The number of aromatic nitrogens is 2. The van der Waals surface area contributed by atoms with Gasteiger partial charge in [0.05, 0.1) is 0 Å². The van der Waals surface area contributed by atoms with Crippen LogP contribution in [0.25, 0.3) is 11.5 Å². The third kappa shape index (κ3) is 3.98. The normalized spacial score (nSPS) is 10.9. The zero-order valence-corrected chi connectivity index (χ0v) is 15.2. The standard InChI is InChI=1S/C19H18F3N5O/c1-24-16-8-14(6-5-12(16)9-23)27(2)10-13-4-3-11(7-15(13)20)18-25-26-19(28-18)17(21)22/h3-9,17,23-24H,10H2,1-2H3. The number of nitrogens with zero attached hydrogens (tertiary/aromatic N) is 3. The molecule has 0 aliphatic rings. The largest absolute Gasteiger partial charge is 0.415 e. The summed E-state index contributed by atoms with van der Waals surface area (Å²) in [7, 11) is 3.58. The van der Waals surface area contributed by atoms with Crippen LogP contribution in [0.5, 0.6) is 0 Å². The summed E-state index contributed by atoms with van der Waals surface area (Å²) in [5.74, 6) is -1.46. The Bertz CT molecular complexity index is 989. The van der Waals surface area contributed by atoms with Gasteiger partial charge in [-0.2, -0.15) is 8.78 Å². The molecule has 0 unspecified atom stereocenters. The molecule has 0 aliphatic carbocycles. The SMILES string of the molecule is CNc1cc(N(C)Cc2ccc(-c3nnc(C(F)F)o3)cc2F)ccc1C=N. The first-order chi connectivity index (χ1) is 13.4. The Kier molecular flexibility index (Phi) is 5.62. The Balaban J connectivity index is 1.80. The minimum absolute atomic E-state index is 0.157. The summed E-state index contributed by atoms with van der Waals surface area (Å²) in [6.45, 7) is 0.283. The Labute approximate surface area is 159 Å². The Morgan fingerprint density at radius 3 is 2.61 bits per heavy atom. The number of halogens is 3. The van der Waals surface area contributed by atoms with Gasteiger partial charge >= 0.3 is 6.43 Å². The molecule has 0 atom stereocenters. The lowest BCUT2D eigenvalue weighted by Crippen LogP contribution is -2.17. The molecule has 2 aromatic carbocycles. The molecule has 0 radical (unpaired) electrons. The molecule has 0 saturated heterocycles. The number of benzene rings is 2. The fraction of sp³-hybridized carbons (Fsp3) is 0.211. The summed E-state index contributed by atoms with van der Waals surface area (Å²) in [5, 5.41) is 17.2. The molecule has 28 heavy (non-hydrogen) atoms. The zero-order valence-electron chi connectivity index (χ0n) is 15.2. The molecule has 1 heterocycles. The topological polar surface area (TPSA) is 78.0 Å². The van der Waals surface area contributed by atoms with Crippen LogP contribution in [0.4, 0.5) is 24.5 Å². The molecule has 2 N–H and O–H groups in total. The first-order valence-corrected chi connectivity index (χ1v) is 8.36. The average molecular weight is 389 g/mol. The van der Waals surface area contributed by atoms with E-state index < -0.39 is 18.1 Å². The lowest BCUT2D eigenvalue weighted by atomic mass is 10.1. The Hall–Kier alpha value is -3.36.